The van der Waals surface area contributed by atoms with Crippen LogP contribution in [0.5, 0.6) is 0 Å². The molecule has 2 N–H and O–H groups in total. The van der Waals surface area contributed by atoms with Crippen LogP contribution in [0.2, 0.25) is 0 Å². The molecule has 2 heteroatoms. The van der Waals surface area contributed by atoms with Gasteiger partial charge in [-0.15, -0.1) is 0 Å². The van der Waals surface area contributed by atoms with Crippen LogP contribution < -0.4 is 10.6 Å². The summed E-state index contributed by atoms with van der Waals surface area (Å²) in [6, 6.07) is 0.876. The van der Waals surface area contributed by atoms with Crippen molar-refractivity contribution in [2.75, 3.05) is 19.6 Å². The second kappa shape index (κ2) is 8.10. The Morgan fingerprint density at radius 3 is 2.24 bits per heavy atom. The fraction of sp³-hybridized carbons (Fsp3) is 1.00. The maximum Gasteiger partial charge on any atom is 0.00682 e. The van der Waals surface area contributed by atoms with Gasteiger partial charge in [-0.1, -0.05) is 38.5 Å². The van der Waals surface area contributed by atoms with Gasteiger partial charge in [-0.05, 0) is 51.2 Å². The topological polar surface area (TPSA) is 24.1 Å². The molecule has 0 aromatic carbocycles. The lowest BCUT2D eigenvalue weighted by molar-refractivity contribution is 0.413. The molecule has 0 unspecified atom stereocenters. The molecule has 0 bridgehead atoms. The van der Waals surface area contributed by atoms with E-state index < -0.39 is 0 Å². The number of hydrogen-bond acceptors (Lipinski definition) is 2. The third kappa shape index (κ3) is 6.42. The molecule has 0 radical (unpaired) electrons. The number of hydrogen-bond donors (Lipinski definition) is 2. The molecule has 2 nitrogen and oxygen atoms in total. The van der Waals surface area contributed by atoms with E-state index in [2.05, 4.69) is 10.6 Å². The van der Waals surface area contributed by atoms with Crippen LogP contribution in [-0.4, -0.2) is 25.7 Å². The van der Waals surface area contributed by atoms with Crippen molar-refractivity contribution < 1.29 is 0 Å². The van der Waals surface area contributed by atoms with Crippen LogP contribution in [0.3, 0.4) is 0 Å². The third-order valence-corrected chi connectivity index (χ3v) is 4.24. The van der Waals surface area contributed by atoms with Crippen LogP contribution in [0.4, 0.5) is 0 Å². The van der Waals surface area contributed by atoms with Gasteiger partial charge in [0.2, 0.25) is 0 Å². The summed E-state index contributed by atoms with van der Waals surface area (Å²) >= 11 is 0. The molecular formula is C15H30N2. The van der Waals surface area contributed by atoms with Crippen LogP contribution >= 0.6 is 0 Å². The molecule has 0 aromatic heterocycles. The first-order valence-electron chi connectivity index (χ1n) is 7.89. The summed E-state index contributed by atoms with van der Waals surface area (Å²) < 4.78 is 0. The van der Waals surface area contributed by atoms with Crippen molar-refractivity contribution in [2.45, 2.75) is 70.3 Å². The highest BCUT2D eigenvalue weighted by molar-refractivity contribution is 4.80. The van der Waals surface area contributed by atoms with Crippen LogP contribution in [0.15, 0.2) is 0 Å². The molecule has 0 aliphatic heterocycles. The Bertz CT molecular complexity index is 181. The Labute approximate surface area is 107 Å². The quantitative estimate of drug-likeness (QED) is 0.501. The van der Waals surface area contributed by atoms with E-state index in [1.807, 2.05) is 0 Å². The second-order valence-electron chi connectivity index (χ2n) is 5.98. The molecule has 0 atom stereocenters. The summed E-state index contributed by atoms with van der Waals surface area (Å²) in [6.07, 6.45) is 14.4. The highest BCUT2D eigenvalue weighted by Gasteiger charge is 2.19. The lowest BCUT2D eigenvalue weighted by Gasteiger charge is -2.14. The standard InChI is InChI=1S/C15H30N2/c1-2-4-7-14(6-3-1)10-13-16-11-5-12-17-15-8-9-15/h14-17H,1-13H2. The fourth-order valence-electron chi connectivity index (χ4n) is 2.89. The van der Waals surface area contributed by atoms with Gasteiger partial charge in [0, 0.05) is 6.04 Å². The summed E-state index contributed by atoms with van der Waals surface area (Å²) in [5.41, 5.74) is 0. The first kappa shape index (κ1) is 13.4. The van der Waals surface area contributed by atoms with Gasteiger partial charge in [0.15, 0.2) is 0 Å². The monoisotopic (exact) mass is 238 g/mol. The minimum atomic E-state index is 0.876. The van der Waals surface area contributed by atoms with Gasteiger partial charge in [-0.25, -0.2) is 0 Å². The third-order valence-electron chi connectivity index (χ3n) is 4.24. The van der Waals surface area contributed by atoms with E-state index in [0.29, 0.717) is 0 Å². The number of nitrogens with one attached hydrogen (secondary N) is 2. The fourth-order valence-corrected chi connectivity index (χ4v) is 2.89. The molecule has 2 aliphatic rings. The van der Waals surface area contributed by atoms with Gasteiger partial charge >= 0.3 is 0 Å². The molecule has 2 rings (SSSR count). The first-order chi connectivity index (χ1) is 8.45. The van der Waals surface area contributed by atoms with Crippen molar-refractivity contribution in [3.8, 4) is 0 Å². The predicted octanol–water partition coefficient (Wildman–Crippen LogP) is 3.08. The molecule has 0 heterocycles. The molecule has 100 valence electrons. The summed E-state index contributed by atoms with van der Waals surface area (Å²) in [6.45, 7) is 3.65. The smallest absolute Gasteiger partial charge is 0.00682 e. The second-order valence-corrected chi connectivity index (χ2v) is 5.98. The minimum absolute atomic E-state index is 0.876. The van der Waals surface area contributed by atoms with Gasteiger partial charge in [-0.2, -0.15) is 0 Å². The van der Waals surface area contributed by atoms with E-state index in [-0.39, 0.29) is 0 Å². The SMILES string of the molecule is C1CCCC(CCNCCCNC2CC2)CC1. The van der Waals surface area contributed by atoms with E-state index in [1.54, 1.807) is 0 Å². The van der Waals surface area contributed by atoms with E-state index in [9.17, 15) is 0 Å². The molecule has 2 saturated carbocycles. The van der Waals surface area contributed by atoms with E-state index >= 15 is 0 Å². The van der Waals surface area contributed by atoms with Gasteiger partial charge in [0.25, 0.3) is 0 Å². The molecular weight excluding hydrogens is 208 g/mol. The lowest BCUT2D eigenvalue weighted by atomic mass is 9.97. The molecule has 0 saturated heterocycles. The van der Waals surface area contributed by atoms with Gasteiger partial charge in [0.1, 0.15) is 0 Å². The highest BCUT2D eigenvalue weighted by atomic mass is 14.9. The largest absolute Gasteiger partial charge is 0.317 e. The van der Waals surface area contributed by atoms with Crippen LogP contribution in [0, 0.1) is 5.92 Å². The van der Waals surface area contributed by atoms with Crippen molar-refractivity contribution in [3.63, 3.8) is 0 Å². The van der Waals surface area contributed by atoms with Gasteiger partial charge < -0.3 is 10.6 Å². The Kier molecular flexibility index (Phi) is 6.36. The molecule has 0 aromatic rings. The van der Waals surface area contributed by atoms with E-state index in [0.717, 1.165) is 12.0 Å². The van der Waals surface area contributed by atoms with Crippen LogP contribution in [0.25, 0.3) is 0 Å². The van der Waals surface area contributed by atoms with E-state index in [1.165, 1.54) is 83.8 Å². The number of rotatable bonds is 8. The Hall–Kier alpha value is -0.0800. The predicted molar refractivity (Wildman–Crippen MR) is 74.3 cm³/mol. The molecule has 2 aliphatic carbocycles. The summed E-state index contributed by atoms with van der Waals surface area (Å²) in [5, 5.41) is 7.17. The zero-order valence-electron chi connectivity index (χ0n) is 11.3. The van der Waals surface area contributed by atoms with Gasteiger partial charge in [-0.3, -0.25) is 0 Å². The summed E-state index contributed by atoms with van der Waals surface area (Å²) in [5.74, 6) is 1.02. The summed E-state index contributed by atoms with van der Waals surface area (Å²) in [4.78, 5) is 0. The van der Waals surface area contributed by atoms with Crippen molar-refractivity contribution >= 4 is 0 Å². The van der Waals surface area contributed by atoms with Crippen molar-refractivity contribution in [1.82, 2.24) is 10.6 Å². The Balaban J connectivity index is 1.36. The Morgan fingerprint density at radius 2 is 1.53 bits per heavy atom. The molecule has 0 amide bonds. The van der Waals surface area contributed by atoms with Crippen molar-refractivity contribution in [2.24, 2.45) is 5.92 Å². The highest BCUT2D eigenvalue weighted by Crippen LogP contribution is 2.24. The molecule has 0 spiro atoms. The Morgan fingerprint density at radius 1 is 0.765 bits per heavy atom. The lowest BCUT2D eigenvalue weighted by Crippen LogP contribution is -2.24. The maximum absolute atomic E-state index is 3.61. The zero-order valence-corrected chi connectivity index (χ0v) is 11.3. The van der Waals surface area contributed by atoms with E-state index in [4.69, 9.17) is 0 Å². The molecule has 2 fully saturated rings. The maximum atomic E-state index is 3.61. The van der Waals surface area contributed by atoms with Crippen molar-refractivity contribution in [1.29, 1.82) is 0 Å². The summed E-state index contributed by atoms with van der Waals surface area (Å²) in [7, 11) is 0. The molecule has 17 heavy (non-hydrogen) atoms. The van der Waals surface area contributed by atoms with Crippen LogP contribution in [0.1, 0.15) is 64.2 Å². The normalized spacial score (nSPS) is 22.6. The average molecular weight is 238 g/mol. The minimum Gasteiger partial charge on any atom is -0.317 e. The first-order valence-corrected chi connectivity index (χ1v) is 7.89. The van der Waals surface area contributed by atoms with Crippen molar-refractivity contribution in [3.05, 3.63) is 0 Å². The average Bonchev–Trinajstić information content (AvgIpc) is 3.15. The van der Waals surface area contributed by atoms with Gasteiger partial charge in [0.05, 0.1) is 0 Å². The zero-order chi connectivity index (χ0) is 11.8. The van der Waals surface area contributed by atoms with Crippen LogP contribution in [-0.2, 0) is 0 Å².